The van der Waals surface area contributed by atoms with E-state index < -0.39 is 0 Å². The van der Waals surface area contributed by atoms with Gasteiger partial charge >= 0.3 is 5.69 Å². The van der Waals surface area contributed by atoms with E-state index in [1.807, 2.05) is 19.9 Å². The van der Waals surface area contributed by atoms with E-state index in [-0.39, 0.29) is 5.69 Å². The van der Waals surface area contributed by atoms with Crippen molar-refractivity contribution in [1.82, 2.24) is 19.3 Å². The van der Waals surface area contributed by atoms with E-state index in [9.17, 15) is 4.79 Å². The van der Waals surface area contributed by atoms with Gasteiger partial charge in [-0.05, 0) is 26.8 Å². The summed E-state index contributed by atoms with van der Waals surface area (Å²) in [4.78, 5) is 15.9. The minimum absolute atomic E-state index is 0.260. The standard InChI is InChI=1S/C12H18N6O/c1-7-5-8(2)18(12(19)14-7)6-10-9(3)16-17(4)11(10)15-13/h5,15H,6,13H2,1-4H3. The summed E-state index contributed by atoms with van der Waals surface area (Å²) < 4.78 is 3.27. The second kappa shape index (κ2) is 4.85. The van der Waals surface area contributed by atoms with E-state index in [1.54, 1.807) is 23.2 Å². The van der Waals surface area contributed by atoms with E-state index in [0.29, 0.717) is 12.4 Å². The highest BCUT2D eigenvalue weighted by Gasteiger charge is 2.14. The van der Waals surface area contributed by atoms with Gasteiger partial charge in [0.2, 0.25) is 0 Å². The molecule has 0 bridgehead atoms. The Hall–Kier alpha value is -2.15. The number of nitrogens with one attached hydrogen (secondary N) is 1. The number of hydrazine groups is 1. The Morgan fingerprint density at radius 1 is 1.37 bits per heavy atom. The average molecular weight is 262 g/mol. The first kappa shape index (κ1) is 13.3. The summed E-state index contributed by atoms with van der Waals surface area (Å²) in [6, 6.07) is 1.88. The maximum Gasteiger partial charge on any atom is 0.348 e. The fraction of sp³-hybridized carbons (Fsp3) is 0.417. The fourth-order valence-electron chi connectivity index (χ4n) is 2.20. The van der Waals surface area contributed by atoms with Crippen molar-refractivity contribution >= 4 is 5.82 Å². The van der Waals surface area contributed by atoms with E-state index >= 15 is 0 Å². The molecule has 2 aromatic heterocycles. The van der Waals surface area contributed by atoms with E-state index in [0.717, 1.165) is 22.6 Å². The van der Waals surface area contributed by atoms with Crippen molar-refractivity contribution in [3.63, 3.8) is 0 Å². The molecule has 0 aromatic carbocycles. The summed E-state index contributed by atoms with van der Waals surface area (Å²) in [5.74, 6) is 6.20. The molecule has 102 valence electrons. The van der Waals surface area contributed by atoms with Crippen molar-refractivity contribution in [1.29, 1.82) is 0 Å². The zero-order valence-electron chi connectivity index (χ0n) is 11.6. The van der Waals surface area contributed by atoms with Crippen molar-refractivity contribution in [2.75, 3.05) is 5.43 Å². The van der Waals surface area contributed by atoms with Crippen LogP contribution in [0.1, 0.15) is 22.6 Å². The third-order valence-electron chi connectivity index (χ3n) is 3.15. The van der Waals surface area contributed by atoms with Gasteiger partial charge in [-0.1, -0.05) is 0 Å². The molecule has 0 atom stereocenters. The van der Waals surface area contributed by atoms with Crippen LogP contribution in [0, 0.1) is 20.8 Å². The number of nitrogens with zero attached hydrogens (tertiary/aromatic N) is 4. The highest BCUT2D eigenvalue weighted by atomic mass is 16.1. The predicted octanol–water partition coefficient (Wildman–Crippen LogP) is 0.236. The maximum atomic E-state index is 12.0. The van der Waals surface area contributed by atoms with Crippen LogP contribution in [0.25, 0.3) is 0 Å². The Morgan fingerprint density at radius 3 is 2.63 bits per heavy atom. The molecule has 0 amide bonds. The van der Waals surface area contributed by atoms with Crippen LogP contribution in [0.15, 0.2) is 10.9 Å². The molecular weight excluding hydrogens is 244 g/mol. The Morgan fingerprint density at radius 2 is 2.05 bits per heavy atom. The number of rotatable bonds is 3. The van der Waals surface area contributed by atoms with Crippen LogP contribution >= 0.6 is 0 Å². The summed E-state index contributed by atoms with van der Waals surface area (Å²) in [6.07, 6.45) is 0. The molecule has 0 saturated heterocycles. The van der Waals surface area contributed by atoms with Crippen LogP contribution in [0.3, 0.4) is 0 Å². The monoisotopic (exact) mass is 262 g/mol. The van der Waals surface area contributed by atoms with Crippen molar-refractivity contribution in [3.8, 4) is 0 Å². The lowest BCUT2D eigenvalue weighted by Crippen LogP contribution is -2.26. The van der Waals surface area contributed by atoms with Gasteiger partial charge in [0, 0.05) is 24.0 Å². The fourth-order valence-corrected chi connectivity index (χ4v) is 2.20. The van der Waals surface area contributed by atoms with Gasteiger partial charge in [-0.3, -0.25) is 9.25 Å². The molecule has 2 rings (SSSR count). The van der Waals surface area contributed by atoms with Gasteiger partial charge in [0.25, 0.3) is 0 Å². The molecule has 7 heteroatoms. The van der Waals surface area contributed by atoms with E-state index in [2.05, 4.69) is 15.5 Å². The Kier molecular flexibility index (Phi) is 3.39. The molecular formula is C12H18N6O. The van der Waals surface area contributed by atoms with Crippen molar-refractivity contribution in [2.24, 2.45) is 12.9 Å². The lowest BCUT2D eigenvalue weighted by atomic mass is 10.2. The number of anilines is 1. The Bertz CT molecular complexity index is 670. The summed E-state index contributed by atoms with van der Waals surface area (Å²) in [7, 11) is 1.80. The molecule has 0 fully saturated rings. The molecule has 0 aliphatic rings. The Labute approximate surface area is 111 Å². The number of hydrogen-bond acceptors (Lipinski definition) is 5. The quantitative estimate of drug-likeness (QED) is 0.610. The molecule has 2 heterocycles. The molecule has 19 heavy (non-hydrogen) atoms. The number of aryl methyl sites for hydroxylation is 4. The Balaban J connectivity index is 2.51. The maximum absolute atomic E-state index is 12.0. The first-order chi connectivity index (χ1) is 8.93. The molecule has 7 nitrogen and oxygen atoms in total. The van der Waals surface area contributed by atoms with Crippen LogP contribution in [-0.2, 0) is 13.6 Å². The number of nitrogens with two attached hydrogens (primary N) is 1. The van der Waals surface area contributed by atoms with Crippen LogP contribution in [-0.4, -0.2) is 19.3 Å². The molecule has 0 saturated carbocycles. The molecule has 2 aromatic rings. The summed E-state index contributed by atoms with van der Waals surface area (Å²) in [6.45, 7) is 5.98. The van der Waals surface area contributed by atoms with Gasteiger partial charge in [0.1, 0.15) is 5.82 Å². The van der Waals surface area contributed by atoms with Crippen LogP contribution in [0.4, 0.5) is 5.82 Å². The minimum Gasteiger partial charge on any atom is -0.308 e. The lowest BCUT2D eigenvalue weighted by Gasteiger charge is -2.11. The van der Waals surface area contributed by atoms with Crippen LogP contribution in [0.5, 0.6) is 0 Å². The first-order valence-electron chi connectivity index (χ1n) is 5.98. The number of aromatic nitrogens is 4. The summed E-state index contributed by atoms with van der Waals surface area (Å²) in [5.41, 5.74) is 5.67. The highest BCUT2D eigenvalue weighted by Crippen LogP contribution is 2.18. The smallest absolute Gasteiger partial charge is 0.308 e. The largest absolute Gasteiger partial charge is 0.348 e. The third kappa shape index (κ3) is 2.37. The molecule has 0 aliphatic heterocycles. The second-order valence-electron chi connectivity index (χ2n) is 4.59. The zero-order valence-corrected chi connectivity index (χ0v) is 11.6. The van der Waals surface area contributed by atoms with Gasteiger partial charge in [-0.2, -0.15) is 10.1 Å². The van der Waals surface area contributed by atoms with Gasteiger partial charge in [-0.15, -0.1) is 0 Å². The first-order valence-corrected chi connectivity index (χ1v) is 5.98. The normalized spacial score (nSPS) is 10.8. The molecule has 3 N–H and O–H groups in total. The highest BCUT2D eigenvalue weighted by molar-refractivity contribution is 5.46. The van der Waals surface area contributed by atoms with E-state index in [1.165, 1.54) is 0 Å². The third-order valence-corrected chi connectivity index (χ3v) is 3.15. The van der Waals surface area contributed by atoms with Gasteiger partial charge in [-0.25, -0.2) is 10.6 Å². The molecule has 0 radical (unpaired) electrons. The van der Waals surface area contributed by atoms with Gasteiger partial charge < -0.3 is 5.43 Å². The average Bonchev–Trinajstić information content (AvgIpc) is 2.57. The zero-order chi connectivity index (χ0) is 14.2. The van der Waals surface area contributed by atoms with E-state index in [4.69, 9.17) is 5.84 Å². The predicted molar refractivity (Wildman–Crippen MR) is 72.8 cm³/mol. The van der Waals surface area contributed by atoms with Gasteiger partial charge in [0.15, 0.2) is 0 Å². The topological polar surface area (TPSA) is 90.8 Å². The minimum atomic E-state index is -0.260. The van der Waals surface area contributed by atoms with Gasteiger partial charge in [0.05, 0.1) is 12.2 Å². The van der Waals surface area contributed by atoms with Crippen molar-refractivity contribution in [3.05, 3.63) is 39.2 Å². The lowest BCUT2D eigenvalue weighted by molar-refractivity contribution is 0.691. The van der Waals surface area contributed by atoms with Crippen LogP contribution in [0.2, 0.25) is 0 Å². The second-order valence-corrected chi connectivity index (χ2v) is 4.59. The molecule has 0 spiro atoms. The summed E-state index contributed by atoms with van der Waals surface area (Å²) >= 11 is 0. The van der Waals surface area contributed by atoms with Crippen LogP contribution < -0.4 is 17.0 Å². The molecule has 0 aliphatic carbocycles. The molecule has 0 unspecified atom stereocenters. The summed E-state index contributed by atoms with van der Waals surface area (Å²) in [5, 5.41) is 4.29. The van der Waals surface area contributed by atoms with Crippen molar-refractivity contribution < 1.29 is 0 Å². The van der Waals surface area contributed by atoms with Crippen molar-refractivity contribution in [2.45, 2.75) is 27.3 Å². The number of hydrogen-bond donors (Lipinski definition) is 2. The SMILES string of the molecule is Cc1cc(C)n(Cc2c(C)nn(C)c2NN)c(=O)n1. The number of nitrogen functional groups attached to an aromatic ring is 1.